The summed E-state index contributed by atoms with van der Waals surface area (Å²) in [5, 5.41) is 4.74. The number of ether oxygens (including phenoxy) is 7. The SMILES string of the molecule is COc1ccc(C(OC[C@H]2O[C@@H](n3cc(C)c(=O)[nH]c3=O)C[C@@H]2OCCN(CCOCCOCCNSC(c2ccccc2)(c2ccccc2)c2ccccc2)Cc2c3ccccc3cc3ccccc23)(c2ccccc2)c2ccc(OC)cc2)cc1. The molecule has 0 bridgehead atoms. The van der Waals surface area contributed by atoms with Crippen molar-refractivity contribution in [3.05, 3.63) is 296 Å². The first-order chi connectivity index (χ1) is 42.8. The maximum absolute atomic E-state index is 13.5. The molecule has 0 radical (unpaired) electrons. The molecule has 87 heavy (non-hydrogen) atoms. The second-order valence-electron chi connectivity index (χ2n) is 21.6. The van der Waals surface area contributed by atoms with E-state index >= 15 is 0 Å². The number of nitrogens with one attached hydrogen (secondary N) is 2. The molecule has 2 N–H and O–H groups in total. The average molecular weight is 1180 g/mol. The van der Waals surface area contributed by atoms with E-state index in [0.717, 1.165) is 16.7 Å². The van der Waals surface area contributed by atoms with Crippen molar-refractivity contribution in [1.29, 1.82) is 0 Å². The van der Waals surface area contributed by atoms with Gasteiger partial charge in [0.05, 0.1) is 60.0 Å². The number of nitrogens with zero attached hydrogens (tertiary/aromatic N) is 2. The Labute approximate surface area is 512 Å². The lowest BCUT2D eigenvalue weighted by atomic mass is 9.80. The summed E-state index contributed by atoms with van der Waals surface area (Å²) in [5.74, 6) is 1.42. The molecule has 11 rings (SSSR count). The highest BCUT2D eigenvalue weighted by atomic mass is 32.2. The Bertz CT molecular complexity index is 3710. The third kappa shape index (κ3) is 13.8. The van der Waals surface area contributed by atoms with Gasteiger partial charge in [0.15, 0.2) is 0 Å². The van der Waals surface area contributed by atoms with Crippen molar-refractivity contribution < 1.29 is 33.2 Å². The molecule has 0 saturated carbocycles. The number of H-pyrrole nitrogens is 1. The van der Waals surface area contributed by atoms with Gasteiger partial charge in [-0.15, -0.1) is 0 Å². The van der Waals surface area contributed by atoms with E-state index in [9.17, 15) is 9.59 Å². The van der Waals surface area contributed by atoms with Crippen LogP contribution in [0.4, 0.5) is 0 Å². The number of aryl methyl sites for hydroxylation is 1. The Hall–Kier alpha value is -8.15. The number of aromatic nitrogens is 2. The Balaban J connectivity index is 0.798. The van der Waals surface area contributed by atoms with Crippen molar-refractivity contribution in [2.24, 2.45) is 0 Å². The fourth-order valence-corrected chi connectivity index (χ4v) is 13.0. The van der Waals surface area contributed by atoms with Crippen LogP contribution < -0.4 is 25.4 Å². The van der Waals surface area contributed by atoms with Gasteiger partial charge in [0, 0.05) is 44.4 Å². The quantitative estimate of drug-likeness (QED) is 0.0200. The first-order valence-electron chi connectivity index (χ1n) is 29.7. The third-order valence-electron chi connectivity index (χ3n) is 16.3. The zero-order valence-electron chi connectivity index (χ0n) is 49.4. The molecule has 1 saturated heterocycles. The Kier molecular flexibility index (Phi) is 20.2. The van der Waals surface area contributed by atoms with Gasteiger partial charge in [0.2, 0.25) is 0 Å². The summed E-state index contributed by atoms with van der Waals surface area (Å²) in [6.07, 6.45) is -0.0544. The zero-order chi connectivity index (χ0) is 59.8. The topological polar surface area (TPSA) is 135 Å². The molecule has 1 aromatic heterocycles. The Morgan fingerprint density at radius 2 is 1.07 bits per heavy atom. The Morgan fingerprint density at radius 1 is 0.586 bits per heavy atom. The molecule has 0 spiro atoms. The van der Waals surface area contributed by atoms with Crippen molar-refractivity contribution in [1.82, 2.24) is 19.2 Å². The van der Waals surface area contributed by atoms with Crippen LogP contribution in [-0.4, -0.2) is 100 Å². The van der Waals surface area contributed by atoms with Gasteiger partial charge in [0.25, 0.3) is 5.56 Å². The molecule has 10 aromatic rings. The summed E-state index contributed by atoms with van der Waals surface area (Å²) in [7, 11) is 3.29. The highest BCUT2D eigenvalue weighted by Gasteiger charge is 2.43. The minimum Gasteiger partial charge on any atom is -0.497 e. The number of rotatable bonds is 29. The standard InChI is InChI=1S/C73H74N4O9S/c1-53-50-77(71(79)75-70(53)78)69-49-67(68(86-69)52-85-72(56-22-8-4-9-23-56,57-32-36-62(80-2)37-33-57)58-34-38-63(81-3)39-35-58)84-45-42-76(51-66-64-30-18-16-20-54(64)48-55-21-17-19-31-65(55)66)41-44-83-47-46-82-43-40-74-87-73(59-24-10-5-11-25-59,60-26-12-6-13-27-60)61-28-14-7-15-29-61/h4-39,48,50,67-69,74H,40-47,49,51-52H2,1-3H3,(H,75,78,79)/t67-,68+,69+/m0/s1. The van der Waals surface area contributed by atoms with Gasteiger partial charge in [0.1, 0.15) is 34.2 Å². The molecule has 0 amide bonds. The normalized spacial score (nSPS) is 15.3. The third-order valence-corrected chi connectivity index (χ3v) is 17.7. The largest absolute Gasteiger partial charge is 0.497 e. The fraction of sp³-hybridized carbons (Fsp3) is 0.260. The molecule has 3 atom stereocenters. The number of fused-ring (bicyclic) bond motifs is 2. The van der Waals surface area contributed by atoms with Gasteiger partial charge in [-0.1, -0.05) is 206 Å². The lowest BCUT2D eigenvalue weighted by Gasteiger charge is -2.37. The van der Waals surface area contributed by atoms with Crippen LogP contribution in [0.1, 0.15) is 57.2 Å². The van der Waals surface area contributed by atoms with E-state index in [1.807, 2.05) is 66.7 Å². The summed E-state index contributed by atoms with van der Waals surface area (Å²) < 4.78 is 49.7. The summed E-state index contributed by atoms with van der Waals surface area (Å²) in [5.41, 5.74) is 5.66. The van der Waals surface area contributed by atoms with Crippen LogP contribution >= 0.6 is 11.9 Å². The van der Waals surface area contributed by atoms with Gasteiger partial charge in [-0.2, -0.15) is 0 Å². The Morgan fingerprint density at radius 3 is 1.61 bits per heavy atom. The molecule has 2 heterocycles. The van der Waals surface area contributed by atoms with E-state index in [0.29, 0.717) is 82.7 Å². The molecule has 0 aliphatic carbocycles. The minimum atomic E-state index is -1.14. The van der Waals surface area contributed by atoms with E-state index in [-0.39, 0.29) is 6.61 Å². The first-order valence-corrected chi connectivity index (χ1v) is 30.5. The van der Waals surface area contributed by atoms with Gasteiger partial charge < -0.3 is 33.2 Å². The molecule has 13 nitrogen and oxygen atoms in total. The van der Waals surface area contributed by atoms with Gasteiger partial charge >= 0.3 is 5.69 Å². The second kappa shape index (κ2) is 29.0. The van der Waals surface area contributed by atoms with Crippen LogP contribution in [0.5, 0.6) is 11.5 Å². The maximum Gasteiger partial charge on any atom is 0.330 e. The summed E-state index contributed by atoms with van der Waals surface area (Å²) >= 11 is 1.70. The number of hydrogen-bond acceptors (Lipinski definition) is 12. The van der Waals surface area contributed by atoms with Crippen molar-refractivity contribution >= 4 is 33.5 Å². The highest BCUT2D eigenvalue weighted by molar-refractivity contribution is 7.98. The summed E-state index contributed by atoms with van der Waals surface area (Å²) in [6, 6.07) is 77.2. The number of benzene rings is 9. The van der Waals surface area contributed by atoms with Crippen LogP contribution in [0, 0.1) is 6.92 Å². The zero-order valence-corrected chi connectivity index (χ0v) is 50.2. The number of hydrogen-bond donors (Lipinski definition) is 2. The van der Waals surface area contributed by atoms with Gasteiger partial charge in [-0.25, -0.2) is 4.79 Å². The van der Waals surface area contributed by atoms with E-state index in [1.54, 1.807) is 39.3 Å². The fourth-order valence-electron chi connectivity index (χ4n) is 11.9. The molecule has 9 aromatic carbocycles. The van der Waals surface area contributed by atoms with Crippen LogP contribution in [0.25, 0.3) is 21.5 Å². The predicted octanol–water partition coefficient (Wildman–Crippen LogP) is 12.6. The molecule has 446 valence electrons. The maximum atomic E-state index is 13.5. The number of methoxy groups -OCH3 is 2. The monoisotopic (exact) mass is 1180 g/mol. The molecule has 1 fully saturated rings. The highest BCUT2D eigenvalue weighted by Crippen LogP contribution is 2.47. The second-order valence-corrected chi connectivity index (χ2v) is 22.7. The van der Waals surface area contributed by atoms with Crippen LogP contribution in [0.15, 0.2) is 240 Å². The van der Waals surface area contributed by atoms with Crippen LogP contribution in [0.2, 0.25) is 0 Å². The molecule has 1 aliphatic rings. The van der Waals surface area contributed by atoms with Gasteiger partial charge in [-0.05, 0) is 97.7 Å². The summed E-state index contributed by atoms with van der Waals surface area (Å²) in [6.45, 7) is 6.35. The predicted molar refractivity (Wildman–Crippen MR) is 346 cm³/mol. The van der Waals surface area contributed by atoms with Crippen LogP contribution in [-0.2, 0) is 40.6 Å². The molecular formula is C73H74N4O9S. The van der Waals surface area contributed by atoms with Crippen molar-refractivity contribution in [3.63, 3.8) is 0 Å². The smallest absolute Gasteiger partial charge is 0.330 e. The van der Waals surface area contributed by atoms with Gasteiger partial charge in [-0.3, -0.25) is 24.0 Å². The molecular weight excluding hydrogens is 1110 g/mol. The van der Waals surface area contributed by atoms with E-state index in [4.69, 9.17) is 33.2 Å². The minimum absolute atomic E-state index is 0.0670. The average Bonchev–Trinajstić information content (AvgIpc) is 2.78. The van der Waals surface area contributed by atoms with E-state index < -0.39 is 40.0 Å². The first kappa shape index (κ1) is 60.5. The molecule has 0 unspecified atom stereocenters. The molecule has 1 aliphatic heterocycles. The van der Waals surface area contributed by atoms with Crippen molar-refractivity contribution in [3.8, 4) is 11.5 Å². The summed E-state index contributed by atoms with van der Waals surface area (Å²) in [4.78, 5) is 31.0. The lowest BCUT2D eigenvalue weighted by Crippen LogP contribution is -2.39. The van der Waals surface area contributed by atoms with E-state index in [2.05, 4.69) is 172 Å². The van der Waals surface area contributed by atoms with Crippen molar-refractivity contribution in [2.75, 3.05) is 73.5 Å². The van der Waals surface area contributed by atoms with Crippen molar-refractivity contribution in [2.45, 2.75) is 48.7 Å². The van der Waals surface area contributed by atoms with E-state index in [1.165, 1.54) is 48.4 Å². The van der Waals surface area contributed by atoms with Crippen LogP contribution in [0.3, 0.4) is 0 Å². The number of aromatic amines is 1. The molecule has 14 heteroatoms. The lowest BCUT2D eigenvalue weighted by molar-refractivity contribution is -0.105.